The van der Waals surface area contributed by atoms with Crippen molar-refractivity contribution in [3.8, 4) is 5.75 Å². The third kappa shape index (κ3) is 4.64. The fourth-order valence-electron chi connectivity index (χ4n) is 4.28. The molecule has 1 atom stereocenters. The highest BCUT2D eigenvalue weighted by Crippen LogP contribution is 2.33. The minimum atomic E-state index is -0.433. The molecule has 2 aromatic rings. The zero-order chi connectivity index (χ0) is 20.2. The number of rotatable bonds is 5. The second-order valence-corrected chi connectivity index (χ2v) is 8.93. The molecule has 29 heavy (non-hydrogen) atoms. The zero-order valence-electron chi connectivity index (χ0n) is 16.9. The molecule has 1 saturated carbocycles. The van der Waals surface area contributed by atoms with Crippen LogP contribution in [0, 0.1) is 0 Å². The van der Waals surface area contributed by atoms with Gasteiger partial charge in [-0.3, -0.25) is 9.59 Å². The largest absolute Gasteiger partial charge is 0.480 e. The summed E-state index contributed by atoms with van der Waals surface area (Å²) in [4.78, 5) is 28.6. The van der Waals surface area contributed by atoms with E-state index in [1.165, 1.54) is 19.3 Å². The van der Waals surface area contributed by atoms with Gasteiger partial charge in [-0.2, -0.15) is 0 Å². The molecule has 6 heteroatoms. The van der Waals surface area contributed by atoms with E-state index in [-0.39, 0.29) is 17.9 Å². The van der Waals surface area contributed by atoms with Crippen molar-refractivity contribution in [3.05, 3.63) is 46.2 Å². The Morgan fingerprint density at radius 1 is 1.24 bits per heavy atom. The monoisotopic (exact) mass is 412 g/mol. The third-order valence-corrected chi connectivity index (χ3v) is 6.69. The summed E-state index contributed by atoms with van der Waals surface area (Å²) < 4.78 is 6.08. The van der Waals surface area contributed by atoms with E-state index in [0.717, 1.165) is 34.7 Å². The quantitative estimate of drug-likeness (QED) is 0.770. The first-order valence-corrected chi connectivity index (χ1v) is 11.4. The number of hydrogen-bond acceptors (Lipinski definition) is 4. The normalized spacial score (nSPS) is 20.0. The smallest absolute Gasteiger partial charge is 0.264 e. The van der Waals surface area contributed by atoms with Crippen molar-refractivity contribution >= 4 is 28.8 Å². The summed E-state index contributed by atoms with van der Waals surface area (Å²) in [6.07, 6.45) is 6.33. The number of hydrogen-bond donors (Lipinski definition) is 1. The summed E-state index contributed by atoms with van der Waals surface area (Å²) in [5.74, 6) is 0.812. The van der Waals surface area contributed by atoms with Crippen molar-refractivity contribution in [1.82, 2.24) is 4.90 Å². The number of fused-ring (bicyclic) bond motifs is 1. The summed E-state index contributed by atoms with van der Waals surface area (Å²) in [6.45, 7) is 2.54. The van der Waals surface area contributed by atoms with E-state index < -0.39 is 6.10 Å². The summed E-state index contributed by atoms with van der Waals surface area (Å²) in [7, 11) is 0. The van der Waals surface area contributed by atoms with Crippen LogP contribution in [0.2, 0.25) is 0 Å². The van der Waals surface area contributed by atoms with Crippen LogP contribution in [0.15, 0.2) is 35.7 Å². The number of thiophene rings is 1. The van der Waals surface area contributed by atoms with Crippen LogP contribution in [0.25, 0.3) is 0 Å². The molecule has 154 valence electrons. The Labute approximate surface area is 176 Å². The number of carbonyl (C=O) groups excluding carboxylic acids is 2. The summed E-state index contributed by atoms with van der Waals surface area (Å²) in [6, 6.07) is 9.91. The Kier molecular flexibility index (Phi) is 6.19. The molecule has 1 aliphatic heterocycles. The molecule has 1 aromatic heterocycles. The lowest BCUT2D eigenvalue weighted by molar-refractivity contribution is -0.141. The highest BCUT2D eigenvalue weighted by atomic mass is 32.1. The third-order valence-electron chi connectivity index (χ3n) is 5.81. The number of ether oxygens (including phenoxy) is 1. The minimum Gasteiger partial charge on any atom is -0.480 e. The van der Waals surface area contributed by atoms with E-state index in [0.29, 0.717) is 19.4 Å². The van der Waals surface area contributed by atoms with Gasteiger partial charge >= 0.3 is 0 Å². The van der Waals surface area contributed by atoms with Crippen LogP contribution in [0.4, 0.5) is 5.69 Å². The maximum absolute atomic E-state index is 13.1. The Morgan fingerprint density at radius 2 is 2.07 bits per heavy atom. The lowest BCUT2D eigenvalue weighted by Crippen LogP contribution is -2.45. The molecule has 1 aliphatic carbocycles. The topological polar surface area (TPSA) is 58.6 Å². The van der Waals surface area contributed by atoms with E-state index in [1.807, 2.05) is 47.5 Å². The Bertz CT molecular complexity index is 859. The minimum absolute atomic E-state index is 0.0337. The highest BCUT2D eigenvalue weighted by molar-refractivity contribution is 7.10. The van der Waals surface area contributed by atoms with E-state index in [1.54, 1.807) is 11.3 Å². The van der Waals surface area contributed by atoms with Gasteiger partial charge in [0.2, 0.25) is 5.91 Å². The Hall–Kier alpha value is -2.34. The van der Waals surface area contributed by atoms with Crippen LogP contribution in [-0.4, -0.2) is 28.9 Å². The second kappa shape index (κ2) is 8.99. The van der Waals surface area contributed by atoms with Gasteiger partial charge in [0.15, 0.2) is 6.10 Å². The predicted molar refractivity (Wildman–Crippen MR) is 115 cm³/mol. The zero-order valence-corrected chi connectivity index (χ0v) is 17.7. The molecule has 5 nitrogen and oxygen atoms in total. The molecule has 2 amide bonds. The summed E-state index contributed by atoms with van der Waals surface area (Å²) >= 11 is 1.58. The fraction of sp³-hybridized carbons (Fsp3) is 0.478. The molecule has 2 aliphatic rings. The van der Waals surface area contributed by atoms with Crippen molar-refractivity contribution in [2.75, 3.05) is 5.32 Å². The molecule has 0 radical (unpaired) electrons. The number of carbonyl (C=O) groups is 2. The van der Waals surface area contributed by atoms with E-state index in [2.05, 4.69) is 5.32 Å². The van der Waals surface area contributed by atoms with Gasteiger partial charge in [0.1, 0.15) is 5.75 Å². The van der Waals surface area contributed by atoms with Gasteiger partial charge in [0.25, 0.3) is 5.91 Å². The van der Waals surface area contributed by atoms with Gasteiger partial charge in [0, 0.05) is 28.7 Å². The summed E-state index contributed by atoms with van der Waals surface area (Å²) in [5, 5.41) is 4.97. The average molecular weight is 413 g/mol. The van der Waals surface area contributed by atoms with E-state index in [4.69, 9.17) is 4.74 Å². The predicted octanol–water partition coefficient (Wildman–Crippen LogP) is 4.76. The van der Waals surface area contributed by atoms with Crippen LogP contribution < -0.4 is 10.1 Å². The van der Waals surface area contributed by atoms with Crippen molar-refractivity contribution in [2.45, 2.75) is 70.6 Å². The van der Waals surface area contributed by atoms with Gasteiger partial charge in [0.05, 0.1) is 6.42 Å². The van der Waals surface area contributed by atoms with Gasteiger partial charge in [-0.15, -0.1) is 11.3 Å². The standard InChI is InChI=1S/C23H28N2O3S/c1-2-20-23(27)25(18-7-4-3-5-8-18)15-16-13-17(10-11-21(16)28-20)24-22(26)14-19-9-6-12-29-19/h6,9-13,18,20H,2-5,7-8,14-15H2,1H3,(H,24,26)/t20-/m0/s1. The maximum Gasteiger partial charge on any atom is 0.264 e. The number of benzene rings is 1. The SMILES string of the molecule is CC[C@@H]1Oc2ccc(NC(=O)Cc3cccs3)cc2CN(C2CCCCC2)C1=O. The van der Waals surface area contributed by atoms with Crippen molar-refractivity contribution in [3.63, 3.8) is 0 Å². The molecule has 0 unspecified atom stereocenters. The molecule has 0 saturated heterocycles. The molecule has 1 aromatic carbocycles. The number of amides is 2. The van der Waals surface area contributed by atoms with Crippen molar-refractivity contribution in [2.24, 2.45) is 0 Å². The van der Waals surface area contributed by atoms with Crippen molar-refractivity contribution in [1.29, 1.82) is 0 Å². The molecule has 1 N–H and O–H groups in total. The number of nitrogens with zero attached hydrogens (tertiary/aromatic N) is 1. The molecule has 1 fully saturated rings. The number of nitrogens with one attached hydrogen (secondary N) is 1. The van der Waals surface area contributed by atoms with Crippen molar-refractivity contribution < 1.29 is 14.3 Å². The lowest BCUT2D eigenvalue weighted by atomic mass is 9.93. The van der Waals surface area contributed by atoms with Crippen LogP contribution in [0.3, 0.4) is 0 Å². The lowest BCUT2D eigenvalue weighted by Gasteiger charge is -2.34. The second-order valence-electron chi connectivity index (χ2n) is 7.90. The molecule has 0 spiro atoms. The van der Waals surface area contributed by atoms with Gasteiger partial charge in [-0.05, 0) is 48.9 Å². The molecule has 2 heterocycles. The molecule has 4 rings (SSSR count). The van der Waals surface area contributed by atoms with E-state index in [9.17, 15) is 9.59 Å². The van der Waals surface area contributed by atoms with E-state index >= 15 is 0 Å². The average Bonchev–Trinajstić information content (AvgIpc) is 3.19. The highest BCUT2D eigenvalue weighted by Gasteiger charge is 2.34. The molecular formula is C23H28N2O3S. The van der Waals surface area contributed by atoms with Crippen LogP contribution >= 0.6 is 11.3 Å². The first-order valence-electron chi connectivity index (χ1n) is 10.6. The maximum atomic E-state index is 13.1. The fourth-order valence-corrected chi connectivity index (χ4v) is 4.99. The van der Waals surface area contributed by atoms with Crippen LogP contribution in [0.1, 0.15) is 55.9 Å². The molecule has 0 bridgehead atoms. The first-order chi connectivity index (χ1) is 14.1. The van der Waals surface area contributed by atoms with Crippen LogP contribution in [-0.2, 0) is 22.6 Å². The Morgan fingerprint density at radius 3 is 2.79 bits per heavy atom. The van der Waals surface area contributed by atoms with Crippen LogP contribution in [0.5, 0.6) is 5.75 Å². The summed E-state index contributed by atoms with van der Waals surface area (Å²) in [5.41, 5.74) is 1.72. The van der Waals surface area contributed by atoms with Gasteiger partial charge < -0.3 is 15.0 Å². The van der Waals surface area contributed by atoms with Gasteiger partial charge in [-0.25, -0.2) is 0 Å². The number of anilines is 1. The first kappa shape index (κ1) is 20.0. The Balaban J connectivity index is 1.54. The molecular weight excluding hydrogens is 384 g/mol. The van der Waals surface area contributed by atoms with Gasteiger partial charge in [-0.1, -0.05) is 32.3 Å².